The fraction of sp³-hybridized carbons (Fsp3) is 0.158. The zero-order valence-corrected chi connectivity index (χ0v) is 15.4. The van der Waals surface area contributed by atoms with Crippen LogP contribution in [0.3, 0.4) is 0 Å². The van der Waals surface area contributed by atoms with Gasteiger partial charge < -0.3 is 14.2 Å². The summed E-state index contributed by atoms with van der Waals surface area (Å²) in [7, 11) is 3.12. The number of rotatable bonds is 5. The number of ether oxygens (including phenoxy) is 3. The quantitative estimate of drug-likeness (QED) is 0.594. The summed E-state index contributed by atoms with van der Waals surface area (Å²) in [4.78, 5) is 16.6. The van der Waals surface area contributed by atoms with Crippen LogP contribution < -0.4 is 9.47 Å². The lowest BCUT2D eigenvalue weighted by Crippen LogP contribution is -2.08. The molecule has 1 aromatic heterocycles. The van der Waals surface area contributed by atoms with Crippen LogP contribution in [0.15, 0.2) is 53.0 Å². The minimum Gasteiger partial charge on any atom is -0.493 e. The van der Waals surface area contributed by atoms with Crippen molar-refractivity contribution in [1.29, 1.82) is 0 Å². The van der Waals surface area contributed by atoms with Gasteiger partial charge in [0.25, 0.3) is 0 Å². The monoisotopic (exact) mass is 401 g/mol. The van der Waals surface area contributed by atoms with Crippen LogP contribution in [-0.4, -0.2) is 25.2 Å². The molecule has 0 spiro atoms. The van der Waals surface area contributed by atoms with Gasteiger partial charge >= 0.3 is 5.97 Å². The minimum atomic E-state index is -0.479. The summed E-state index contributed by atoms with van der Waals surface area (Å²) in [5.74, 6) is 0.689. The number of nitrogens with zero attached hydrogens (tertiary/aromatic N) is 1. The number of hydrogen-bond donors (Lipinski definition) is 0. The number of hydrogen-bond acceptors (Lipinski definition) is 5. The third-order valence-electron chi connectivity index (χ3n) is 3.72. The molecule has 0 unspecified atom stereocenters. The smallest absolute Gasteiger partial charge is 0.357 e. The normalized spacial score (nSPS) is 10.5. The Hall–Kier alpha value is -2.60. The highest BCUT2D eigenvalue weighted by Crippen LogP contribution is 2.33. The van der Waals surface area contributed by atoms with Gasteiger partial charge in [-0.05, 0) is 24.3 Å². The van der Waals surface area contributed by atoms with Gasteiger partial charge in [-0.3, -0.25) is 0 Å². The van der Waals surface area contributed by atoms with Gasteiger partial charge in [-0.1, -0.05) is 40.2 Å². The van der Waals surface area contributed by atoms with Gasteiger partial charge in [0.2, 0.25) is 0 Å². The van der Waals surface area contributed by atoms with E-state index in [1.54, 1.807) is 32.4 Å². The van der Waals surface area contributed by atoms with E-state index in [-0.39, 0.29) is 12.3 Å². The molecule has 0 saturated heterocycles. The molecule has 6 heteroatoms. The van der Waals surface area contributed by atoms with Crippen molar-refractivity contribution in [1.82, 2.24) is 4.98 Å². The molecular weight excluding hydrogens is 386 g/mol. The van der Waals surface area contributed by atoms with Crippen molar-refractivity contribution < 1.29 is 19.0 Å². The van der Waals surface area contributed by atoms with E-state index in [1.165, 1.54) is 0 Å². The molecule has 0 aliphatic carbocycles. The molecule has 2 aromatic carbocycles. The summed E-state index contributed by atoms with van der Waals surface area (Å²) in [6.07, 6.45) is 0. The third-order valence-corrected chi connectivity index (χ3v) is 4.46. The van der Waals surface area contributed by atoms with E-state index in [4.69, 9.17) is 14.2 Å². The van der Waals surface area contributed by atoms with Crippen molar-refractivity contribution in [3.05, 3.63) is 64.3 Å². The van der Waals surface area contributed by atoms with E-state index in [1.807, 2.05) is 30.3 Å². The maximum atomic E-state index is 12.3. The molecule has 0 saturated carbocycles. The second-order valence-corrected chi connectivity index (χ2v) is 6.12. The lowest BCUT2D eigenvalue weighted by atomic mass is 10.2. The van der Waals surface area contributed by atoms with Crippen LogP contribution in [0, 0.1) is 0 Å². The fourth-order valence-electron chi connectivity index (χ4n) is 2.40. The van der Waals surface area contributed by atoms with Crippen LogP contribution >= 0.6 is 15.9 Å². The van der Waals surface area contributed by atoms with E-state index in [0.717, 1.165) is 20.9 Å². The number of carbonyl (C=O) groups excluding carboxylic acids is 1. The van der Waals surface area contributed by atoms with Crippen LogP contribution in [0.5, 0.6) is 11.5 Å². The molecule has 25 heavy (non-hydrogen) atoms. The first kappa shape index (κ1) is 17.2. The lowest BCUT2D eigenvalue weighted by molar-refractivity contribution is 0.0465. The Kier molecular flexibility index (Phi) is 5.19. The lowest BCUT2D eigenvalue weighted by Gasteiger charge is -2.12. The predicted octanol–water partition coefficient (Wildman–Crippen LogP) is 4.37. The van der Waals surface area contributed by atoms with Gasteiger partial charge in [0.1, 0.15) is 12.3 Å². The molecule has 1 heterocycles. The number of halogens is 1. The summed E-state index contributed by atoms with van der Waals surface area (Å²) in [6, 6.07) is 14.7. The molecule has 0 amide bonds. The summed E-state index contributed by atoms with van der Waals surface area (Å²) in [5.41, 5.74) is 1.80. The topological polar surface area (TPSA) is 57.7 Å². The van der Waals surface area contributed by atoms with Crippen molar-refractivity contribution >= 4 is 32.8 Å². The minimum absolute atomic E-state index is 0.0915. The van der Waals surface area contributed by atoms with Crippen LogP contribution in [-0.2, 0) is 11.3 Å². The molecule has 3 rings (SSSR count). The Bertz CT molecular complexity index is 926. The molecule has 0 aliphatic rings. The number of fused-ring (bicyclic) bond motifs is 1. The van der Waals surface area contributed by atoms with E-state index in [9.17, 15) is 4.79 Å². The predicted molar refractivity (Wildman–Crippen MR) is 98.1 cm³/mol. The van der Waals surface area contributed by atoms with Gasteiger partial charge in [0.05, 0.1) is 19.7 Å². The van der Waals surface area contributed by atoms with Gasteiger partial charge in [-0.15, -0.1) is 0 Å². The summed E-state index contributed by atoms with van der Waals surface area (Å²) in [5, 5.41) is 0.974. The Morgan fingerprint density at radius 2 is 1.76 bits per heavy atom. The molecule has 128 valence electrons. The van der Waals surface area contributed by atoms with Crippen molar-refractivity contribution in [3.63, 3.8) is 0 Å². The number of esters is 1. The molecule has 0 fully saturated rings. The number of benzene rings is 2. The fourth-order valence-corrected chi connectivity index (χ4v) is 2.84. The second-order valence-electron chi connectivity index (χ2n) is 5.26. The van der Waals surface area contributed by atoms with Crippen molar-refractivity contribution in [2.45, 2.75) is 6.61 Å². The Balaban J connectivity index is 1.77. The van der Waals surface area contributed by atoms with Crippen LogP contribution in [0.1, 0.15) is 16.1 Å². The van der Waals surface area contributed by atoms with Crippen molar-refractivity contribution in [3.8, 4) is 11.5 Å². The van der Waals surface area contributed by atoms with Crippen molar-refractivity contribution in [2.24, 2.45) is 0 Å². The summed E-state index contributed by atoms with van der Waals surface area (Å²) >= 11 is 3.45. The average molecular weight is 402 g/mol. The first-order chi connectivity index (χ1) is 12.1. The average Bonchev–Trinajstić information content (AvgIpc) is 2.66. The number of carbonyl (C=O) groups is 1. The van der Waals surface area contributed by atoms with E-state index in [0.29, 0.717) is 11.5 Å². The molecular formula is C19H16BrNO4. The zero-order chi connectivity index (χ0) is 17.8. The van der Waals surface area contributed by atoms with Gasteiger partial charge in [-0.2, -0.15) is 0 Å². The maximum absolute atomic E-state index is 12.3. The second kappa shape index (κ2) is 7.53. The van der Waals surface area contributed by atoms with E-state index >= 15 is 0 Å². The molecule has 0 radical (unpaired) electrons. The molecule has 0 N–H and O–H groups in total. The van der Waals surface area contributed by atoms with Crippen molar-refractivity contribution in [2.75, 3.05) is 14.2 Å². The van der Waals surface area contributed by atoms with E-state index in [2.05, 4.69) is 20.9 Å². The van der Waals surface area contributed by atoms with Crippen LogP contribution in [0.25, 0.3) is 10.9 Å². The van der Waals surface area contributed by atoms with Gasteiger partial charge in [-0.25, -0.2) is 9.78 Å². The number of pyridine rings is 1. The number of para-hydroxylation sites is 1. The first-order valence-corrected chi connectivity index (χ1v) is 8.35. The maximum Gasteiger partial charge on any atom is 0.357 e. The highest BCUT2D eigenvalue weighted by molar-refractivity contribution is 9.10. The number of aromatic nitrogens is 1. The van der Waals surface area contributed by atoms with Crippen LogP contribution in [0.2, 0.25) is 0 Å². The zero-order valence-electron chi connectivity index (χ0n) is 13.8. The molecule has 3 aromatic rings. The molecule has 5 nitrogen and oxygen atoms in total. The highest BCUT2D eigenvalue weighted by atomic mass is 79.9. The summed E-state index contributed by atoms with van der Waals surface area (Å²) in [6.45, 7) is 0.0915. The Morgan fingerprint density at radius 3 is 2.52 bits per heavy atom. The molecule has 0 aliphatic heterocycles. The molecule has 0 atom stereocenters. The highest BCUT2D eigenvalue weighted by Gasteiger charge is 2.14. The summed E-state index contributed by atoms with van der Waals surface area (Å²) < 4.78 is 16.7. The van der Waals surface area contributed by atoms with Gasteiger partial charge in [0, 0.05) is 15.4 Å². The largest absolute Gasteiger partial charge is 0.493 e. The standard InChI is InChI=1S/C19H16BrNO4/c1-23-17-9-13(14(20)10-18(17)24-2)11-25-19(22)16-8-7-12-5-3-4-6-15(12)21-16/h3-10H,11H2,1-2H3. The Morgan fingerprint density at radius 1 is 1.04 bits per heavy atom. The Labute approximate surface area is 153 Å². The number of methoxy groups -OCH3 is 2. The third kappa shape index (κ3) is 3.74. The van der Waals surface area contributed by atoms with Crippen LogP contribution in [0.4, 0.5) is 0 Å². The van der Waals surface area contributed by atoms with E-state index < -0.39 is 5.97 Å². The first-order valence-electron chi connectivity index (χ1n) is 7.55. The SMILES string of the molecule is COc1cc(Br)c(COC(=O)c2ccc3ccccc3n2)cc1OC. The molecule has 0 bridgehead atoms. The van der Waals surface area contributed by atoms with Gasteiger partial charge in [0.15, 0.2) is 11.5 Å².